The maximum absolute atomic E-state index is 12.9. The van der Waals surface area contributed by atoms with Crippen LogP contribution < -0.4 is 4.90 Å². The first kappa shape index (κ1) is 15.1. The largest absolute Gasteiger partial charge is 0.373 e. The third kappa shape index (κ3) is 2.24. The van der Waals surface area contributed by atoms with Gasteiger partial charge in [-0.15, -0.1) is 0 Å². The summed E-state index contributed by atoms with van der Waals surface area (Å²) in [4.78, 5) is 27.1. The first-order chi connectivity index (χ1) is 12.1. The number of imide groups is 1. The Balaban J connectivity index is 1.44. The van der Waals surface area contributed by atoms with Crippen molar-refractivity contribution in [2.24, 2.45) is 11.8 Å². The predicted octanol–water partition coefficient (Wildman–Crippen LogP) is 2.25. The van der Waals surface area contributed by atoms with Crippen molar-refractivity contribution < 1.29 is 14.3 Å². The summed E-state index contributed by atoms with van der Waals surface area (Å²) < 4.78 is 7.50. The van der Waals surface area contributed by atoms with E-state index in [0.29, 0.717) is 17.3 Å². The molecule has 0 saturated carbocycles. The molecule has 2 aromatic rings. The molecule has 1 aromatic heterocycles. The number of aromatic nitrogens is 2. The Kier molecular flexibility index (Phi) is 3.27. The third-order valence-electron chi connectivity index (χ3n) is 5.40. The van der Waals surface area contributed by atoms with Gasteiger partial charge in [0.25, 0.3) is 0 Å². The Labute approximate surface area is 149 Å². The van der Waals surface area contributed by atoms with Gasteiger partial charge in [-0.1, -0.05) is 23.7 Å². The zero-order valence-corrected chi connectivity index (χ0v) is 14.1. The van der Waals surface area contributed by atoms with Crippen molar-refractivity contribution in [3.8, 4) is 0 Å². The SMILES string of the molecule is O=C1[C@@H]2[C@@H](C(=O)N1c1cccc(Cn3cc(Cl)cn3)c1)[C@H]1CC[C@@H]2O1. The average Bonchev–Trinajstić information content (AvgIpc) is 3.34. The van der Waals surface area contributed by atoms with E-state index in [0.717, 1.165) is 18.4 Å². The van der Waals surface area contributed by atoms with E-state index in [-0.39, 0.29) is 35.9 Å². The number of rotatable bonds is 3. The zero-order chi connectivity index (χ0) is 17.1. The number of amides is 2. The second-order valence-electron chi connectivity index (χ2n) is 6.88. The fourth-order valence-corrected chi connectivity index (χ4v) is 4.53. The monoisotopic (exact) mass is 357 g/mol. The van der Waals surface area contributed by atoms with Crippen LogP contribution in [0.25, 0.3) is 0 Å². The lowest BCUT2D eigenvalue weighted by Crippen LogP contribution is -2.34. The van der Waals surface area contributed by atoms with Crippen molar-refractivity contribution >= 4 is 29.1 Å². The van der Waals surface area contributed by atoms with E-state index in [4.69, 9.17) is 16.3 Å². The third-order valence-corrected chi connectivity index (χ3v) is 5.59. The highest BCUT2D eigenvalue weighted by molar-refractivity contribution is 6.30. The molecular weight excluding hydrogens is 342 g/mol. The highest BCUT2D eigenvalue weighted by atomic mass is 35.5. The van der Waals surface area contributed by atoms with Gasteiger partial charge in [0.05, 0.1) is 47.5 Å². The van der Waals surface area contributed by atoms with Gasteiger partial charge in [0, 0.05) is 6.20 Å². The molecule has 6 nitrogen and oxygen atoms in total. The topological polar surface area (TPSA) is 64.4 Å². The minimum atomic E-state index is -0.306. The van der Waals surface area contributed by atoms with Gasteiger partial charge in [-0.2, -0.15) is 5.10 Å². The van der Waals surface area contributed by atoms with Crippen LogP contribution in [0.15, 0.2) is 36.7 Å². The van der Waals surface area contributed by atoms with Crippen molar-refractivity contribution in [3.63, 3.8) is 0 Å². The lowest BCUT2D eigenvalue weighted by atomic mass is 9.81. The summed E-state index contributed by atoms with van der Waals surface area (Å²) in [6, 6.07) is 7.47. The van der Waals surface area contributed by atoms with Gasteiger partial charge in [-0.05, 0) is 30.5 Å². The van der Waals surface area contributed by atoms with E-state index in [2.05, 4.69) is 5.10 Å². The number of halogens is 1. The number of hydrogen-bond donors (Lipinski definition) is 0. The molecule has 5 rings (SSSR count). The van der Waals surface area contributed by atoms with Crippen LogP contribution >= 0.6 is 11.6 Å². The predicted molar refractivity (Wildman–Crippen MR) is 90.1 cm³/mol. The highest BCUT2D eigenvalue weighted by Gasteiger charge is 2.62. The molecule has 1 aromatic carbocycles. The Bertz CT molecular complexity index is 852. The van der Waals surface area contributed by atoms with Crippen LogP contribution in [0.1, 0.15) is 18.4 Å². The molecule has 0 unspecified atom stereocenters. The number of carbonyl (C=O) groups is 2. The van der Waals surface area contributed by atoms with Crippen molar-refractivity contribution in [2.45, 2.75) is 31.6 Å². The number of benzene rings is 1. The molecule has 0 spiro atoms. The highest BCUT2D eigenvalue weighted by Crippen LogP contribution is 2.49. The average molecular weight is 358 g/mol. The number of hydrogen-bond acceptors (Lipinski definition) is 4. The van der Waals surface area contributed by atoms with E-state index in [1.807, 2.05) is 18.2 Å². The second-order valence-corrected chi connectivity index (χ2v) is 7.32. The Morgan fingerprint density at radius 3 is 2.52 bits per heavy atom. The van der Waals surface area contributed by atoms with E-state index in [9.17, 15) is 9.59 Å². The molecule has 2 amide bonds. The molecule has 0 radical (unpaired) electrons. The zero-order valence-electron chi connectivity index (χ0n) is 13.3. The molecule has 3 fully saturated rings. The van der Waals surface area contributed by atoms with Gasteiger partial charge in [-0.25, -0.2) is 4.90 Å². The quantitative estimate of drug-likeness (QED) is 0.790. The lowest BCUT2D eigenvalue weighted by Gasteiger charge is -2.18. The molecule has 128 valence electrons. The Hall–Kier alpha value is -2.18. The molecule has 4 heterocycles. The van der Waals surface area contributed by atoms with Gasteiger partial charge in [0.2, 0.25) is 11.8 Å². The smallest absolute Gasteiger partial charge is 0.240 e. The molecule has 3 saturated heterocycles. The number of anilines is 1. The minimum Gasteiger partial charge on any atom is -0.373 e. The summed E-state index contributed by atoms with van der Waals surface area (Å²) in [6.07, 6.45) is 4.88. The molecule has 3 aliphatic heterocycles. The van der Waals surface area contributed by atoms with Gasteiger partial charge in [0.1, 0.15) is 0 Å². The normalized spacial score (nSPS) is 30.4. The summed E-state index contributed by atoms with van der Waals surface area (Å²) in [5, 5.41) is 4.74. The van der Waals surface area contributed by atoms with Gasteiger partial charge < -0.3 is 4.74 Å². The van der Waals surface area contributed by atoms with Gasteiger partial charge in [-0.3, -0.25) is 14.3 Å². The van der Waals surface area contributed by atoms with Crippen LogP contribution in [0, 0.1) is 11.8 Å². The molecule has 0 aliphatic carbocycles. The minimum absolute atomic E-state index is 0.0918. The lowest BCUT2D eigenvalue weighted by molar-refractivity contribution is -0.124. The van der Waals surface area contributed by atoms with Crippen LogP contribution in [0.2, 0.25) is 5.02 Å². The van der Waals surface area contributed by atoms with Gasteiger partial charge >= 0.3 is 0 Å². The van der Waals surface area contributed by atoms with Crippen LogP contribution in [0.4, 0.5) is 5.69 Å². The summed E-state index contributed by atoms with van der Waals surface area (Å²) in [5.74, 6) is -0.859. The fraction of sp³-hybridized carbons (Fsp3) is 0.389. The maximum Gasteiger partial charge on any atom is 0.240 e. The fourth-order valence-electron chi connectivity index (χ4n) is 4.37. The van der Waals surface area contributed by atoms with Gasteiger partial charge in [0.15, 0.2) is 0 Å². The number of nitrogens with zero attached hydrogens (tertiary/aromatic N) is 3. The summed E-state index contributed by atoms with van der Waals surface area (Å²) >= 11 is 5.89. The molecule has 25 heavy (non-hydrogen) atoms. The number of carbonyl (C=O) groups excluding carboxylic acids is 2. The number of fused-ring (bicyclic) bond motifs is 5. The number of ether oxygens (including phenoxy) is 1. The van der Waals surface area contributed by atoms with E-state index >= 15 is 0 Å². The van der Waals surface area contributed by atoms with Crippen molar-refractivity contribution in [1.82, 2.24) is 9.78 Å². The van der Waals surface area contributed by atoms with Crippen molar-refractivity contribution in [3.05, 3.63) is 47.2 Å². The maximum atomic E-state index is 12.9. The standard InChI is InChI=1S/C18H16ClN3O3/c19-11-7-20-21(9-11)8-10-2-1-3-12(6-10)22-17(23)15-13-4-5-14(25-13)16(15)18(22)24/h1-3,6-7,9,13-16H,4-5,8H2/t13-,14+,15-,16-/m0/s1. The Morgan fingerprint density at radius 2 is 1.88 bits per heavy atom. The summed E-state index contributed by atoms with van der Waals surface area (Å²) in [7, 11) is 0. The second kappa shape index (κ2) is 5.41. The van der Waals surface area contributed by atoms with Crippen LogP contribution in [0.5, 0.6) is 0 Å². The molecule has 7 heteroatoms. The molecule has 2 bridgehead atoms. The van der Waals surface area contributed by atoms with E-state index < -0.39 is 0 Å². The molecule has 3 aliphatic rings. The van der Waals surface area contributed by atoms with E-state index in [1.165, 1.54) is 4.90 Å². The van der Waals surface area contributed by atoms with Crippen molar-refractivity contribution in [1.29, 1.82) is 0 Å². The first-order valence-corrected chi connectivity index (χ1v) is 8.80. The van der Waals surface area contributed by atoms with Crippen LogP contribution in [0.3, 0.4) is 0 Å². The molecular formula is C18H16ClN3O3. The van der Waals surface area contributed by atoms with E-state index in [1.54, 1.807) is 23.1 Å². The van der Waals surface area contributed by atoms with Crippen LogP contribution in [-0.4, -0.2) is 33.8 Å². The molecule has 4 atom stereocenters. The Morgan fingerprint density at radius 1 is 1.16 bits per heavy atom. The first-order valence-electron chi connectivity index (χ1n) is 8.42. The molecule has 0 N–H and O–H groups in total. The summed E-state index contributed by atoms with van der Waals surface area (Å²) in [5.41, 5.74) is 1.58. The van der Waals surface area contributed by atoms with Crippen molar-refractivity contribution in [2.75, 3.05) is 4.90 Å². The summed E-state index contributed by atoms with van der Waals surface area (Å²) in [6.45, 7) is 0.526. The van der Waals surface area contributed by atoms with Crippen LogP contribution in [-0.2, 0) is 20.9 Å².